The maximum absolute atomic E-state index is 12.8. The third-order valence-electron chi connectivity index (χ3n) is 6.97. The molecule has 0 spiro atoms. The Morgan fingerprint density at radius 1 is 0.978 bits per heavy atom. The summed E-state index contributed by atoms with van der Waals surface area (Å²) in [5.74, 6) is 0.296. The Bertz CT molecular complexity index is 1840. The van der Waals surface area contributed by atoms with E-state index in [1.165, 1.54) is 10.8 Å². The molecule has 1 aliphatic heterocycles. The van der Waals surface area contributed by atoms with Gasteiger partial charge in [-0.1, -0.05) is 54.6 Å². The number of amides is 1. The first-order chi connectivity index (χ1) is 22.2. The van der Waals surface area contributed by atoms with Crippen molar-refractivity contribution in [2.24, 2.45) is 5.10 Å². The number of rotatable bonds is 11. The molecule has 1 heterocycles. The number of allylic oxidation sites excluding steroid dienone is 1. The first-order valence-electron chi connectivity index (χ1n) is 14.3. The fourth-order valence-electron chi connectivity index (χ4n) is 4.89. The molecule has 9 nitrogen and oxygen atoms in total. The van der Waals surface area contributed by atoms with Crippen LogP contribution in [0.1, 0.15) is 36.6 Å². The number of nitrogens with zero attached hydrogens (tertiary/aromatic N) is 1. The summed E-state index contributed by atoms with van der Waals surface area (Å²) in [4.78, 5) is 25.4. The molecule has 1 amide bonds. The predicted molar refractivity (Wildman–Crippen MR) is 199 cm³/mol. The summed E-state index contributed by atoms with van der Waals surface area (Å²) in [7, 11) is 0. The molecule has 0 bridgehead atoms. The molecule has 1 aliphatic rings. The van der Waals surface area contributed by atoms with Gasteiger partial charge in [0.1, 0.15) is 18.1 Å². The van der Waals surface area contributed by atoms with Crippen LogP contribution in [0.3, 0.4) is 0 Å². The van der Waals surface area contributed by atoms with E-state index in [1.807, 2.05) is 36.4 Å². The van der Waals surface area contributed by atoms with Gasteiger partial charge in [0.15, 0.2) is 11.7 Å². The standard InChI is InChI=1S/C34H30I2N4O5S/c1-3-43-33(42)30-20(2)38-34(46)39-31(30)25-10-6-7-11-28(25)44-19-29(41)40-37-17-22-15-26(35)32(27(36)16-22)45-18-21-12-13-23-8-4-5-9-24(23)14-21/h4-17,31H,3,18-19H2,1-2H3,(H,40,41)(H2,38,39,46)/t31-/m1/s1. The number of thiocarbonyl (C=S) groups is 1. The van der Waals surface area contributed by atoms with Gasteiger partial charge in [0.2, 0.25) is 0 Å². The van der Waals surface area contributed by atoms with Crippen molar-refractivity contribution in [3.8, 4) is 11.5 Å². The number of carbonyl (C=O) groups is 2. The van der Waals surface area contributed by atoms with E-state index in [2.05, 4.69) is 96.7 Å². The molecule has 1 atom stereocenters. The lowest BCUT2D eigenvalue weighted by atomic mass is 9.95. The van der Waals surface area contributed by atoms with Crippen LogP contribution in [-0.4, -0.2) is 36.4 Å². The average molecular weight is 861 g/mol. The number of hydrazone groups is 1. The maximum atomic E-state index is 12.8. The molecule has 0 unspecified atom stereocenters. The van der Waals surface area contributed by atoms with E-state index in [0.29, 0.717) is 34.3 Å². The van der Waals surface area contributed by atoms with Gasteiger partial charge >= 0.3 is 5.97 Å². The molecule has 5 rings (SSSR count). The first kappa shape index (κ1) is 33.6. The Balaban J connectivity index is 1.19. The van der Waals surface area contributed by atoms with E-state index in [1.54, 1.807) is 32.2 Å². The lowest BCUT2D eigenvalue weighted by molar-refractivity contribution is -0.139. The normalized spacial score (nSPS) is 14.5. The zero-order chi connectivity index (χ0) is 32.6. The Kier molecular flexibility index (Phi) is 11.5. The molecule has 0 aliphatic carbocycles. The van der Waals surface area contributed by atoms with Crippen molar-refractivity contribution in [2.75, 3.05) is 13.2 Å². The molecule has 236 valence electrons. The number of hydrogen-bond acceptors (Lipinski definition) is 7. The molecule has 4 aromatic rings. The SMILES string of the molecule is CCOC(=O)C1=C(C)NC(=S)N[C@@H]1c1ccccc1OCC(=O)NN=Cc1cc(I)c(OCc2ccc3ccccc3c2)c(I)c1. The second-order valence-corrected chi connectivity index (χ2v) is 12.9. The van der Waals surface area contributed by atoms with Crippen LogP contribution in [0.2, 0.25) is 0 Å². The van der Waals surface area contributed by atoms with E-state index < -0.39 is 17.9 Å². The molecule has 0 saturated heterocycles. The molecule has 3 N–H and O–H groups in total. The van der Waals surface area contributed by atoms with E-state index >= 15 is 0 Å². The molecular weight excluding hydrogens is 830 g/mol. The van der Waals surface area contributed by atoms with Crippen LogP contribution in [0.5, 0.6) is 11.5 Å². The maximum Gasteiger partial charge on any atom is 0.338 e. The summed E-state index contributed by atoms with van der Waals surface area (Å²) >= 11 is 9.81. The van der Waals surface area contributed by atoms with Gasteiger partial charge in [-0.25, -0.2) is 10.2 Å². The van der Waals surface area contributed by atoms with Crippen LogP contribution < -0.4 is 25.5 Å². The summed E-state index contributed by atoms with van der Waals surface area (Å²) in [6.07, 6.45) is 1.57. The third kappa shape index (κ3) is 8.33. The fourth-order valence-corrected chi connectivity index (χ4v) is 7.29. The van der Waals surface area contributed by atoms with Gasteiger partial charge in [-0.15, -0.1) is 0 Å². The summed E-state index contributed by atoms with van der Waals surface area (Å²) in [6, 6.07) is 25.0. The number of benzene rings is 4. The Morgan fingerprint density at radius 2 is 1.70 bits per heavy atom. The van der Waals surface area contributed by atoms with Gasteiger partial charge in [-0.2, -0.15) is 5.10 Å². The van der Waals surface area contributed by atoms with Gasteiger partial charge in [0, 0.05) is 11.3 Å². The molecule has 0 radical (unpaired) electrons. The number of esters is 1. The van der Waals surface area contributed by atoms with Crippen molar-refractivity contribution in [3.63, 3.8) is 0 Å². The van der Waals surface area contributed by atoms with Crippen LogP contribution >= 0.6 is 57.4 Å². The zero-order valence-electron chi connectivity index (χ0n) is 24.9. The summed E-state index contributed by atoms with van der Waals surface area (Å²) in [5, 5.41) is 12.9. The Labute approximate surface area is 299 Å². The lowest BCUT2D eigenvalue weighted by Crippen LogP contribution is -2.45. The molecule has 0 saturated carbocycles. The van der Waals surface area contributed by atoms with E-state index in [9.17, 15) is 9.59 Å². The monoisotopic (exact) mass is 860 g/mol. The van der Waals surface area contributed by atoms with Crippen LogP contribution in [0.4, 0.5) is 0 Å². The number of nitrogens with one attached hydrogen (secondary N) is 3. The average Bonchev–Trinajstić information content (AvgIpc) is 3.03. The van der Waals surface area contributed by atoms with Crippen molar-refractivity contribution in [2.45, 2.75) is 26.5 Å². The predicted octanol–water partition coefficient (Wildman–Crippen LogP) is 6.51. The summed E-state index contributed by atoms with van der Waals surface area (Å²) in [5.41, 5.74) is 6.01. The molecule has 0 aromatic heterocycles. The summed E-state index contributed by atoms with van der Waals surface area (Å²) < 4.78 is 19.2. The number of carbonyl (C=O) groups excluding carboxylic acids is 2. The largest absolute Gasteiger partial charge is 0.487 e. The highest BCUT2D eigenvalue weighted by molar-refractivity contribution is 14.1. The minimum absolute atomic E-state index is 0.230. The smallest absolute Gasteiger partial charge is 0.338 e. The minimum Gasteiger partial charge on any atom is -0.487 e. The quantitative estimate of drug-likeness (QED) is 0.0515. The molecule has 0 fully saturated rings. The highest BCUT2D eigenvalue weighted by Gasteiger charge is 2.32. The van der Waals surface area contributed by atoms with E-state index in [4.69, 9.17) is 26.4 Å². The highest BCUT2D eigenvalue weighted by atomic mass is 127. The molecule has 12 heteroatoms. The summed E-state index contributed by atoms with van der Waals surface area (Å²) in [6.45, 7) is 3.89. The fraction of sp³-hybridized carbons (Fsp3) is 0.176. The number of ether oxygens (including phenoxy) is 3. The topological polar surface area (TPSA) is 110 Å². The van der Waals surface area contributed by atoms with Crippen molar-refractivity contribution in [3.05, 3.63) is 114 Å². The zero-order valence-corrected chi connectivity index (χ0v) is 30.1. The highest BCUT2D eigenvalue weighted by Crippen LogP contribution is 2.34. The number of para-hydroxylation sites is 1. The third-order valence-corrected chi connectivity index (χ3v) is 8.80. The number of hydrogen-bond donors (Lipinski definition) is 3. The van der Waals surface area contributed by atoms with Crippen LogP contribution in [0.15, 0.2) is 95.2 Å². The Morgan fingerprint density at radius 3 is 2.46 bits per heavy atom. The molecular formula is C34H30I2N4O5S. The molecule has 46 heavy (non-hydrogen) atoms. The van der Waals surface area contributed by atoms with Crippen LogP contribution in [-0.2, 0) is 20.9 Å². The number of fused-ring (bicyclic) bond motifs is 1. The van der Waals surface area contributed by atoms with Crippen LogP contribution in [0, 0.1) is 7.14 Å². The second-order valence-electron chi connectivity index (χ2n) is 10.2. The van der Waals surface area contributed by atoms with Gasteiger partial charge in [0.05, 0.1) is 31.6 Å². The van der Waals surface area contributed by atoms with Crippen molar-refractivity contribution in [1.82, 2.24) is 16.1 Å². The van der Waals surface area contributed by atoms with Gasteiger partial charge in [-0.05, 0) is 117 Å². The lowest BCUT2D eigenvalue weighted by Gasteiger charge is -2.30. The van der Waals surface area contributed by atoms with Crippen molar-refractivity contribution in [1.29, 1.82) is 0 Å². The van der Waals surface area contributed by atoms with Gasteiger partial charge in [0.25, 0.3) is 5.91 Å². The van der Waals surface area contributed by atoms with Crippen LogP contribution in [0.25, 0.3) is 10.8 Å². The minimum atomic E-state index is -0.616. The second kappa shape index (κ2) is 15.7. The first-order valence-corrected chi connectivity index (χ1v) is 16.9. The van der Waals surface area contributed by atoms with E-state index in [0.717, 1.165) is 24.0 Å². The van der Waals surface area contributed by atoms with Crippen molar-refractivity contribution < 1.29 is 23.8 Å². The van der Waals surface area contributed by atoms with Gasteiger partial charge < -0.3 is 24.8 Å². The molecule has 4 aromatic carbocycles. The number of halogens is 2. The van der Waals surface area contributed by atoms with Crippen molar-refractivity contribution >= 4 is 91.4 Å². The van der Waals surface area contributed by atoms with E-state index in [-0.39, 0.29) is 13.2 Å². The Hall–Kier alpha value is -3.76. The van der Waals surface area contributed by atoms with Gasteiger partial charge in [-0.3, -0.25) is 4.79 Å².